The number of ether oxygens (including phenoxy) is 1. The van der Waals surface area contributed by atoms with Crippen LogP contribution in [0.25, 0.3) is 11.3 Å². The number of carbonyl (C=O) groups excluding carboxylic acids is 1. The fraction of sp³-hybridized carbons (Fsp3) is 0.273. The van der Waals surface area contributed by atoms with Crippen molar-refractivity contribution in [2.45, 2.75) is 26.1 Å². The number of aliphatic hydroxyl groups excluding tert-OH is 1. The van der Waals surface area contributed by atoms with Crippen molar-refractivity contribution in [3.8, 4) is 17.0 Å². The summed E-state index contributed by atoms with van der Waals surface area (Å²) in [5.74, 6) is -1.37. The Kier molecular flexibility index (Phi) is 6.47. The normalized spacial score (nSPS) is 12.1. The summed E-state index contributed by atoms with van der Waals surface area (Å²) < 4.78 is 34.3. The fourth-order valence-electron chi connectivity index (χ4n) is 2.98. The van der Waals surface area contributed by atoms with Crippen LogP contribution >= 0.6 is 0 Å². The first kappa shape index (κ1) is 21.4. The van der Waals surface area contributed by atoms with E-state index >= 15 is 0 Å². The largest absolute Gasteiger partial charge is 0.491 e. The van der Waals surface area contributed by atoms with E-state index in [0.717, 1.165) is 12.1 Å². The summed E-state index contributed by atoms with van der Waals surface area (Å²) in [4.78, 5) is 12.6. The maximum absolute atomic E-state index is 14.2. The Morgan fingerprint density at radius 1 is 1.20 bits per heavy atom. The van der Waals surface area contributed by atoms with Gasteiger partial charge >= 0.3 is 0 Å². The summed E-state index contributed by atoms with van der Waals surface area (Å²) in [6.07, 6.45) is 0.544. The topological polar surface area (TPSA) is 76.4 Å². The summed E-state index contributed by atoms with van der Waals surface area (Å²) in [6.45, 7) is 3.79. The molecular weight excluding hydrogens is 392 g/mol. The summed E-state index contributed by atoms with van der Waals surface area (Å²) >= 11 is 0. The molecule has 2 N–H and O–H groups in total. The van der Waals surface area contributed by atoms with Gasteiger partial charge in [-0.25, -0.2) is 8.78 Å². The molecule has 0 bridgehead atoms. The predicted molar refractivity (Wildman–Crippen MR) is 108 cm³/mol. The van der Waals surface area contributed by atoms with E-state index in [0.29, 0.717) is 11.3 Å². The molecule has 2 aromatic carbocycles. The number of hydrogen-bond donors (Lipinski definition) is 2. The van der Waals surface area contributed by atoms with Crippen molar-refractivity contribution in [3.63, 3.8) is 0 Å². The van der Waals surface area contributed by atoms with Gasteiger partial charge in [0.2, 0.25) is 0 Å². The molecule has 3 rings (SSSR count). The Morgan fingerprint density at radius 3 is 2.53 bits per heavy atom. The smallest absolute Gasteiger partial charge is 0.255 e. The lowest BCUT2D eigenvalue weighted by atomic mass is 10.1. The zero-order valence-electron chi connectivity index (χ0n) is 16.9. The van der Waals surface area contributed by atoms with Gasteiger partial charge in [0.15, 0.2) is 0 Å². The van der Waals surface area contributed by atoms with Crippen molar-refractivity contribution >= 4 is 5.91 Å². The lowest BCUT2D eigenvalue weighted by Gasteiger charge is -2.14. The van der Waals surface area contributed by atoms with Crippen LogP contribution in [0, 0.1) is 11.6 Å². The highest BCUT2D eigenvalue weighted by atomic mass is 19.1. The molecule has 1 atom stereocenters. The number of nitrogens with zero attached hydrogens (tertiary/aromatic N) is 2. The van der Waals surface area contributed by atoms with Crippen LogP contribution in [-0.4, -0.2) is 33.4 Å². The number of halogens is 2. The van der Waals surface area contributed by atoms with Crippen LogP contribution in [0.5, 0.6) is 5.75 Å². The molecule has 0 aliphatic rings. The van der Waals surface area contributed by atoms with Gasteiger partial charge in [0.25, 0.3) is 5.91 Å². The number of carbonyl (C=O) groups is 1. The maximum Gasteiger partial charge on any atom is 0.255 e. The van der Waals surface area contributed by atoms with Gasteiger partial charge in [-0.1, -0.05) is 12.1 Å². The Bertz CT molecular complexity index is 1030. The van der Waals surface area contributed by atoms with E-state index in [-0.39, 0.29) is 29.5 Å². The van der Waals surface area contributed by atoms with Gasteiger partial charge in [0, 0.05) is 31.4 Å². The van der Waals surface area contributed by atoms with E-state index < -0.39 is 23.6 Å². The second-order valence-electron chi connectivity index (χ2n) is 7.15. The number of benzene rings is 2. The molecule has 0 saturated heterocycles. The first-order valence-electron chi connectivity index (χ1n) is 9.46. The van der Waals surface area contributed by atoms with Crippen LogP contribution in [0.4, 0.5) is 8.78 Å². The lowest BCUT2D eigenvalue weighted by Crippen LogP contribution is -2.28. The van der Waals surface area contributed by atoms with Gasteiger partial charge in [-0.15, -0.1) is 0 Å². The molecule has 0 spiro atoms. The zero-order valence-corrected chi connectivity index (χ0v) is 16.9. The number of hydrogen-bond acceptors (Lipinski definition) is 4. The highest BCUT2D eigenvalue weighted by Crippen LogP contribution is 2.26. The predicted octanol–water partition coefficient (Wildman–Crippen LogP) is 3.62. The van der Waals surface area contributed by atoms with E-state index in [1.807, 2.05) is 13.8 Å². The molecule has 0 aliphatic carbocycles. The van der Waals surface area contributed by atoms with Crippen LogP contribution in [0.2, 0.25) is 0 Å². The van der Waals surface area contributed by atoms with Crippen molar-refractivity contribution < 1.29 is 23.4 Å². The number of amides is 1. The molecule has 8 heteroatoms. The number of aromatic nitrogens is 2. The van der Waals surface area contributed by atoms with E-state index in [2.05, 4.69) is 10.4 Å². The summed E-state index contributed by atoms with van der Waals surface area (Å²) in [7, 11) is 1.59. The van der Waals surface area contributed by atoms with E-state index in [9.17, 15) is 18.7 Å². The van der Waals surface area contributed by atoms with E-state index in [1.54, 1.807) is 31.3 Å². The molecule has 30 heavy (non-hydrogen) atoms. The van der Waals surface area contributed by atoms with Crippen molar-refractivity contribution in [2.75, 3.05) is 6.54 Å². The second-order valence-corrected chi connectivity index (χ2v) is 7.15. The number of nitrogens with one attached hydrogen (secondary N) is 1. The molecule has 0 fully saturated rings. The quantitative estimate of drug-likeness (QED) is 0.618. The summed E-state index contributed by atoms with van der Waals surface area (Å²) in [5, 5.41) is 17.1. The molecule has 1 aromatic heterocycles. The molecule has 6 nitrogen and oxygen atoms in total. The van der Waals surface area contributed by atoms with Gasteiger partial charge in [0.1, 0.15) is 23.1 Å². The minimum Gasteiger partial charge on any atom is -0.491 e. The van der Waals surface area contributed by atoms with Crippen molar-refractivity contribution in [1.82, 2.24) is 15.1 Å². The van der Waals surface area contributed by atoms with Crippen molar-refractivity contribution in [2.24, 2.45) is 7.05 Å². The molecule has 0 radical (unpaired) electrons. The molecule has 1 unspecified atom stereocenters. The monoisotopic (exact) mass is 415 g/mol. The Morgan fingerprint density at radius 2 is 1.90 bits per heavy atom. The Hall–Kier alpha value is -3.26. The molecule has 158 valence electrons. The standard InChI is InChI=1S/C22H23F2N3O3/c1-13(2)30-16-7-4-14(5-8-16)20(28)11-25-22(29)18-12-27(3)26-21(18)17-9-6-15(23)10-19(17)24/h4-10,12-13,20,28H,11H2,1-3H3,(H,25,29). The van der Waals surface area contributed by atoms with Gasteiger partial charge in [-0.05, 0) is 43.7 Å². The van der Waals surface area contributed by atoms with Crippen LogP contribution in [0.3, 0.4) is 0 Å². The Labute approximate surface area is 173 Å². The summed E-state index contributed by atoms with van der Waals surface area (Å²) in [6, 6.07) is 10.0. The third kappa shape index (κ3) is 5.01. The van der Waals surface area contributed by atoms with Gasteiger partial charge in [-0.2, -0.15) is 5.10 Å². The van der Waals surface area contributed by atoms with E-state index in [4.69, 9.17) is 4.74 Å². The summed E-state index contributed by atoms with van der Waals surface area (Å²) in [5.41, 5.74) is 0.846. The third-order valence-electron chi connectivity index (χ3n) is 4.35. The number of aliphatic hydroxyl groups is 1. The number of rotatable bonds is 7. The number of aryl methyl sites for hydroxylation is 1. The average Bonchev–Trinajstić information content (AvgIpc) is 3.07. The highest BCUT2D eigenvalue weighted by Gasteiger charge is 2.21. The Balaban J connectivity index is 1.71. The molecule has 3 aromatic rings. The minimum absolute atomic E-state index is 0.0171. The minimum atomic E-state index is -0.940. The van der Waals surface area contributed by atoms with Crippen molar-refractivity contribution in [3.05, 3.63) is 71.4 Å². The highest BCUT2D eigenvalue weighted by molar-refractivity contribution is 5.99. The SMILES string of the molecule is CC(C)Oc1ccc(C(O)CNC(=O)c2cn(C)nc2-c2ccc(F)cc2F)cc1. The van der Waals surface area contributed by atoms with Crippen molar-refractivity contribution in [1.29, 1.82) is 0 Å². The first-order valence-corrected chi connectivity index (χ1v) is 9.46. The lowest BCUT2D eigenvalue weighted by molar-refractivity contribution is 0.0916. The molecular formula is C22H23F2N3O3. The first-order chi connectivity index (χ1) is 14.2. The average molecular weight is 415 g/mol. The molecule has 0 aliphatic heterocycles. The van der Waals surface area contributed by atoms with Crippen LogP contribution < -0.4 is 10.1 Å². The molecule has 1 heterocycles. The maximum atomic E-state index is 14.2. The zero-order chi connectivity index (χ0) is 21.8. The molecule has 1 amide bonds. The fourth-order valence-corrected chi connectivity index (χ4v) is 2.98. The van der Waals surface area contributed by atoms with Crippen LogP contribution in [0.1, 0.15) is 35.9 Å². The third-order valence-corrected chi connectivity index (χ3v) is 4.35. The second kappa shape index (κ2) is 9.04. The van der Waals surface area contributed by atoms with Crippen LogP contribution in [0.15, 0.2) is 48.7 Å². The van der Waals surface area contributed by atoms with Gasteiger partial charge in [0.05, 0.1) is 17.8 Å². The molecule has 0 saturated carbocycles. The van der Waals surface area contributed by atoms with Gasteiger partial charge in [-0.3, -0.25) is 9.48 Å². The van der Waals surface area contributed by atoms with Crippen LogP contribution in [-0.2, 0) is 7.05 Å². The van der Waals surface area contributed by atoms with Gasteiger partial charge < -0.3 is 15.2 Å². The van der Waals surface area contributed by atoms with E-state index in [1.165, 1.54) is 16.9 Å².